The van der Waals surface area contributed by atoms with Crippen LogP contribution in [0.4, 0.5) is 4.79 Å². The largest absolute Gasteiger partial charge is 0.514 e. The lowest BCUT2D eigenvalue weighted by Crippen LogP contribution is -2.65. The summed E-state index contributed by atoms with van der Waals surface area (Å²) in [5.41, 5.74) is 0.364. The second-order valence-electron chi connectivity index (χ2n) is 11.7. The minimum atomic E-state index is -0.907. The smallest absolute Gasteiger partial charge is 0.465 e. The number of rotatable bonds is 6. The standard InChI is InChI=1S/C26H37BO8/c1-24(2,3)33-23(29)32-21-15(9-10-16(14-30-7)20(21)22(28)31-8)13-27-34-19-12-17-11-18(25(17,4)5)26(19,6)35-27/h9-10,17-19H,11-14H2,1-8H3/t17?,18?,19?,26-/m0/s1. The van der Waals surface area contributed by atoms with Crippen LogP contribution in [0.2, 0.25) is 0 Å². The summed E-state index contributed by atoms with van der Waals surface area (Å²) >= 11 is 0. The van der Waals surface area contributed by atoms with Crippen molar-refractivity contribution in [1.82, 2.24) is 0 Å². The maximum atomic E-state index is 12.8. The fourth-order valence-electron chi connectivity index (χ4n) is 6.12. The Kier molecular flexibility index (Phi) is 6.75. The van der Waals surface area contributed by atoms with E-state index in [1.54, 1.807) is 32.9 Å². The Hall–Kier alpha value is -2.10. The molecule has 9 heteroatoms. The van der Waals surface area contributed by atoms with Crippen LogP contribution in [0, 0.1) is 17.3 Å². The first-order chi connectivity index (χ1) is 16.3. The number of methoxy groups -OCH3 is 2. The Morgan fingerprint density at radius 3 is 2.40 bits per heavy atom. The highest BCUT2D eigenvalue weighted by Crippen LogP contribution is 2.65. The van der Waals surface area contributed by atoms with Gasteiger partial charge in [0.2, 0.25) is 0 Å². The molecule has 2 bridgehead atoms. The van der Waals surface area contributed by atoms with Gasteiger partial charge >= 0.3 is 19.2 Å². The quantitative estimate of drug-likeness (QED) is 0.322. The van der Waals surface area contributed by atoms with Crippen LogP contribution in [-0.2, 0) is 36.4 Å². The molecular weight excluding hydrogens is 451 g/mol. The molecule has 3 unspecified atom stereocenters. The summed E-state index contributed by atoms with van der Waals surface area (Å²) in [7, 11) is 2.28. The number of ether oxygens (including phenoxy) is 4. The van der Waals surface area contributed by atoms with Crippen molar-refractivity contribution in [1.29, 1.82) is 0 Å². The van der Waals surface area contributed by atoms with Gasteiger partial charge in [-0.2, -0.15) is 0 Å². The van der Waals surface area contributed by atoms with Crippen LogP contribution in [0.1, 0.15) is 75.9 Å². The average Bonchev–Trinajstić information content (AvgIpc) is 3.09. The molecule has 192 valence electrons. The maximum Gasteiger partial charge on any atom is 0.514 e. The van der Waals surface area contributed by atoms with E-state index in [-0.39, 0.29) is 35.0 Å². The van der Waals surface area contributed by atoms with Crippen LogP contribution >= 0.6 is 0 Å². The molecule has 1 aliphatic heterocycles. The molecule has 1 aromatic rings. The van der Waals surface area contributed by atoms with Gasteiger partial charge in [0.05, 0.1) is 25.4 Å². The van der Waals surface area contributed by atoms with Crippen molar-refractivity contribution in [2.45, 2.75) is 84.6 Å². The molecule has 1 saturated heterocycles. The predicted molar refractivity (Wildman–Crippen MR) is 129 cm³/mol. The molecule has 1 heterocycles. The predicted octanol–water partition coefficient (Wildman–Crippen LogP) is 4.74. The second-order valence-corrected chi connectivity index (χ2v) is 11.7. The lowest BCUT2D eigenvalue weighted by Gasteiger charge is -2.64. The third kappa shape index (κ3) is 4.70. The monoisotopic (exact) mass is 488 g/mol. The molecule has 0 N–H and O–H groups in total. The molecule has 35 heavy (non-hydrogen) atoms. The maximum absolute atomic E-state index is 12.8. The molecule has 0 radical (unpaired) electrons. The van der Waals surface area contributed by atoms with Gasteiger partial charge in [-0.3, -0.25) is 0 Å². The number of hydrogen-bond donors (Lipinski definition) is 0. The van der Waals surface area contributed by atoms with Crippen molar-refractivity contribution in [2.75, 3.05) is 14.2 Å². The van der Waals surface area contributed by atoms with Gasteiger partial charge in [-0.25, -0.2) is 9.59 Å². The third-order valence-electron chi connectivity index (χ3n) is 7.98. The zero-order valence-electron chi connectivity index (χ0n) is 22.1. The van der Waals surface area contributed by atoms with E-state index in [9.17, 15) is 9.59 Å². The normalized spacial score (nSPS) is 28.7. The van der Waals surface area contributed by atoms with E-state index >= 15 is 0 Å². The molecule has 4 fully saturated rings. The fourth-order valence-corrected chi connectivity index (χ4v) is 6.12. The van der Waals surface area contributed by atoms with E-state index in [2.05, 4.69) is 20.8 Å². The highest BCUT2D eigenvalue weighted by molar-refractivity contribution is 6.45. The molecule has 3 saturated carbocycles. The first-order valence-electron chi connectivity index (χ1n) is 12.3. The lowest BCUT2D eigenvalue weighted by atomic mass is 9.43. The number of esters is 1. The summed E-state index contributed by atoms with van der Waals surface area (Å²) in [5, 5.41) is 0. The first kappa shape index (κ1) is 26.0. The molecule has 4 atom stereocenters. The van der Waals surface area contributed by atoms with Gasteiger partial charge in [-0.15, -0.1) is 0 Å². The SMILES string of the molecule is COCc1ccc(CB2OC3CC4CC(C4(C)C)[C@]3(C)O2)c(OC(=O)OC(C)(C)C)c1C(=O)OC. The molecular formula is C26H37BO8. The van der Waals surface area contributed by atoms with Gasteiger partial charge in [0, 0.05) is 13.4 Å². The van der Waals surface area contributed by atoms with E-state index in [1.165, 1.54) is 14.2 Å². The lowest BCUT2D eigenvalue weighted by molar-refractivity contribution is -0.199. The minimum Gasteiger partial charge on any atom is -0.465 e. The molecule has 4 aliphatic rings. The van der Waals surface area contributed by atoms with Crippen LogP contribution in [0.15, 0.2) is 12.1 Å². The summed E-state index contributed by atoms with van der Waals surface area (Å²) in [6, 6.07) is 3.58. The molecule has 5 rings (SSSR count). The van der Waals surface area contributed by atoms with Crippen molar-refractivity contribution < 1.29 is 37.8 Å². The Bertz CT molecular complexity index is 1000. The van der Waals surface area contributed by atoms with Crippen molar-refractivity contribution in [3.63, 3.8) is 0 Å². The van der Waals surface area contributed by atoms with Gasteiger partial charge < -0.3 is 28.3 Å². The molecule has 3 aliphatic carbocycles. The van der Waals surface area contributed by atoms with E-state index < -0.39 is 24.8 Å². The highest BCUT2D eigenvalue weighted by atomic mass is 16.7. The van der Waals surface area contributed by atoms with Gasteiger partial charge in [0.25, 0.3) is 0 Å². The third-order valence-corrected chi connectivity index (χ3v) is 7.98. The first-order valence-corrected chi connectivity index (χ1v) is 12.3. The number of carbonyl (C=O) groups is 2. The van der Waals surface area contributed by atoms with Crippen LogP contribution in [0.5, 0.6) is 5.75 Å². The molecule has 0 amide bonds. The van der Waals surface area contributed by atoms with Crippen LogP contribution < -0.4 is 4.74 Å². The van der Waals surface area contributed by atoms with E-state index in [4.69, 9.17) is 28.3 Å². The Balaban J connectivity index is 1.65. The Morgan fingerprint density at radius 2 is 1.80 bits per heavy atom. The van der Waals surface area contributed by atoms with Gasteiger partial charge in [-0.05, 0) is 68.9 Å². The van der Waals surface area contributed by atoms with Crippen molar-refractivity contribution in [3.05, 3.63) is 28.8 Å². The number of carbonyl (C=O) groups excluding carboxylic acids is 2. The van der Waals surface area contributed by atoms with Crippen LogP contribution in [-0.4, -0.2) is 50.8 Å². The number of hydrogen-bond acceptors (Lipinski definition) is 8. The van der Waals surface area contributed by atoms with E-state index in [0.29, 0.717) is 29.3 Å². The molecule has 0 spiro atoms. The Labute approximate surface area is 208 Å². The summed E-state index contributed by atoms with van der Waals surface area (Å²) < 4.78 is 34.2. The summed E-state index contributed by atoms with van der Waals surface area (Å²) in [6.07, 6.45) is 1.54. The van der Waals surface area contributed by atoms with Crippen LogP contribution in [0.25, 0.3) is 0 Å². The van der Waals surface area contributed by atoms with Crippen molar-refractivity contribution in [3.8, 4) is 5.75 Å². The van der Waals surface area contributed by atoms with E-state index in [0.717, 1.165) is 12.8 Å². The fraction of sp³-hybridized carbons (Fsp3) is 0.692. The van der Waals surface area contributed by atoms with Crippen molar-refractivity contribution in [2.24, 2.45) is 17.3 Å². The zero-order valence-corrected chi connectivity index (χ0v) is 22.1. The van der Waals surface area contributed by atoms with Crippen LogP contribution in [0.3, 0.4) is 0 Å². The Morgan fingerprint density at radius 1 is 1.11 bits per heavy atom. The van der Waals surface area contributed by atoms with E-state index in [1.807, 2.05) is 0 Å². The van der Waals surface area contributed by atoms with Gasteiger partial charge in [0.1, 0.15) is 11.2 Å². The summed E-state index contributed by atoms with van der Waals surface area (Å²) in [5.74, 6) is 0.514. The topological polar surface area (TPSA) is 89.5 Å². The average molecular weight is 488 g/mol. The van der Waals surface area contributed by atoms with Gasteiger partial charge in [-0.1, -0.05) is 26.0 Å². The zero-order chi connectivity index (χ0) is 25.8. The minimum absolute atomic E-state index is 0.0207. The molecule has 0 aromatic heterocycles. The number of benzene rings is 1. The van der Waals surface area contributed by atoms with Crippen molar-refractivity contribution >= 4 is 19.2 Å². The second kappa shape index (κ2) is 9.09. The van der Waals surface area contributed by atoms with Gasteiger partial charge in [0.15, 0.2) is 5.75 Å². The molecule has 8 nitrogen and oxygen atoms in total. The summed E-state index contributed by atoms with van der Waals surface area (Å²) in [4.78, 5) is 25.4. The highest BCUT2D eigenvalue weighted by Gasteiger charge is 2.67. The summed E-state index contributed by atoms with van der Waals surface area (Å²) in [6.45, 7) is 12.2. The molecule has 1 aromatic carbocycles.